The minimum Gasteiger partial charge on any atom is -0.453 e. The van der Waals surface area contributed by atoms with Crippen molar-refractivity contribution in [1.29, 1.82) is 0 Å². The van der Waals surface area contributed by atoms with E-state index in [4.69, 9.17) is 4.74 Å². The first-order valence-electron chi connectivity index (χ1n) is 8.43. The maximum Gasteiger partial charge on any atom is 0.355 e. The Bertz CT molecular complexity index is 1020. The number of nitrogens with one attached hydrogen (secondary N) is 2. The smallest absolute Gasteiger partial charge is 0.355 e. The number of esters is 1. The maximum absolute atomic E-state index is 12.3. The zero-order valence-electron chi connectivity index (χ0n) is 16.0. The molecule has 2 aromatic heterocycles. The molecular weight excluding hydrogens is 404 g/mol. The van der Waals surface area contributed by atoms with Crippen molar-refractivity contribution in [2.24, 2.45) is 0 Å². The molecule has 2 N–H and O–H groups in total. The van der Waals surface area contributed by atoms with Crippen molar-refractivity contribution in [3.63, 3.8) is 0 Å². The van der Waals surface area contributed by atoms with Gasteiger partial charge in [0.2, 0.25) is 15.8 Å². The molecule has 28 heavy (non-hydrogen) atoms. The lowest BCUT2D eigenvalue weighted by molar-refractivity contribution is 0.0470. The molecule has 0 saturated heterocycles. The summed E-state index contributed by atoms with van der Waals surface area (Å²) in [5, 5.41) is 0. The molecule has 0 aliphatic carbocycles. The summed E-state index contributed by atoms with van der Waals surface area (Å²) < 4.78 is 29.6. The molecule has 0 spiro atoms. The Kier molecular flexibility index (Phi) is 6.91. The topological polar surface area (TPSA) is 122 Å². The van der Waals surface area contributed by atoms with Gasteiger partial charge in [-0.25, -0.2) is 17.9 Å². The summed E-state index contributed by atoms with van der Waals surface area (Å²) in [6.07, 6.45) is 1.54. The molecule has 0 radical (unpaired) electrons. The Morgan fingerprint density at radius 3 is 2.46 bits per heavy atom. The molecule has 0 unspecified atom stereocenters. The summed E-state index contributed by atoms with van der Waals surface area (Å²) in [6.45, 7) is 4.58. The van der Waals surface area contributed by atoms with E-state index in [-0.39, 0.29) is 23.8 Å². The Morgan fingerprint density at radius 2 is 1.89 bits per heavy atom. The molecule has 0 aromatic carbocycles. The van der Waals surface area contributed by atoms with Crippen molar-refractivity contribution < 1.29 is 27.5 Å². The molecule has 10 heteroatoms. The lowest BCUT2D eigenvalue weighted by Gasteiger charge is -2.03. The lowest BCUT2D eigenvalue weighted by atomic mass is 10.1. The molecule has 0 saturated carbocycles. The van der Waals surface area contributed by atoms with Crippen LogP contribution in [0.4, 0.5) is 0 Å². The van der Waals surface area contributed by atoms with Gasteiger partial charge in [0.1, 0.15) is 5.69 Å². The number of aromatic nitrogens is 1. The number of carbonyl (C=O) groups is 3. The van der Waals surface area contributed by atoms with Crippen LogP contribution < -0.4 is 4.72 Å². The molecular formula is C18H22N2O6S2. The number of Topliss-reactive ketones (excluding diaryl/α,β-unsaturated/α-hetero) is 2. The molecule has 0 aliphatic rings. The number of ether oxygens (including phenoxy) is 1. The second kappa shape index (κ2) is 8.80. The lowest BCUT2D eigenvalue weighted by Crippen LogP contribution is -2.24. The van der Waals surface area contributed by atoms with Gasteiger partial charge in [0.25, 0.3) is 0 Å². The summed E-state index contributed by atoms with van der Waals surface area (Å²) >= 11 is 1.22. The van der Waals surface area contributed by atoms with E-state index >= 15 is 0 Å². The number of H-pyrrole nitrogens is 1. The highest BCUT2D eigenvalue weighted by Gasteiger charge is 2.22. The number of aryl methyl sites for hydroxylation is 1. The van der Waals surface area contributed by atoms with E-state index in [1.54, 1.807) is 26.0 Å². The van der Waals surface area contributed by atoms with Gasteiger partial charge in [-0.3, -0.25) is 9.59 Å². The Labute approximate surface area is 167 Å². The van der Waals surface area contributed by atoms with Crippen LogP contribution in [0.3, 0.4) is 0 Å². The summed E-state index contributed by atoms with van der Waals surface area (Å²) in [7, 11) is -3.25. The number of thiophene rings is 1. The van der Waals surface area contributed by atoms with Gasteiger partial charge in [0.05, 0.1) is 11.1 Å². The average molecular weight is 427 g/mol. The highest BCUT2D eigenvalue weighted by atomic mass is 32.2. The van der Waals surface area contributed by atoms with Crippen molar-refractivity contribution in [2.45, 2.75) is 27.2 Å². The molecule has 0 fully saturated rings. The number of hydrogen-bond acceptors (Lipinski definition) is 7. The number of aromatic amines is 1. The van der Waals surface area contributed by atoms with Crippen LogP contribution in [0.5, 0.6) is 0 Å². The molecule has 2 heterocycles. The van der Waals surface area contributed by atoms with E-state index in [1.807, 2.05) is 0 Å². The minimum atomic E-state index is -3.25. The molecule has 0 bridgehead atoms. The SMILES string of the molecule is CC(=O)c1c(C)[nH]c(C(=O)OCC(=O)c2ccc(CCNS(C)(=O)=O)s2)c1C. The van der Waals surface area contributed by atoms with Gasteiger partial charge in [-0.2, -0.15) is 0 Å². The quantitative estimate of drug-likeness (QED) is 0.467. The predicted molar refractivity (Wildman–Crippen MR) is 106 cm³/mol. The van der Waals surface area contributed by atoms with Gasteiger partial charge in [-0.1, -0.05) is 0 Å². The van der Waals surface area contributed by atoms with Crippen LogP contribution in [-0.2, 0) is 21.2 Å². The Morgan fingerprint density at radius 1 is 1.21 bits per heavy atom. The fourth-order valence-electron chi connectivity index (χ4n) is 2.78. The first-order chi connectivity index (χ1) is 13.0. The van der Waals surface area contributed by atoms with Crippen LogP contribution in [0.15, 0.2) is 12.1 Å². The van der Waals surface area contributed by atoms with Gasteiger partial charge in [-0.05, 0) is 44.9 Å². The van der Waals surface area contributed by atoms with Crippen molar-refractivity contribution in [2.75, 3.05) is 19.4 Å². The second-order valence-corrected chi connectivity index (χ2v) is 9.36. The Hall–Kier alpha value is -2.30. The first-order valence-corrected chi connectivity index (χ1v) is 11.1. The maximum atomic E-state index is 12.3. The predicted octanol–water partition coefficient (Wildman–Crippen LogP) is 2.03. The van der Waals surface area contributed by atoms with Crippen molar-refractivity contribution in [1.82, 2.24) is 9.71 Å². The molecule has 0 atom stereocenters. The molecule has 152 valence electrons. The monoisotopic (exact) mass is 426 g/mol. The number of hydrogen-bond donors (Lipinski definition) is 2. The number of rotatable bonds is 9. The van der Waals surface area contributed by atoms with Gasteiger partial charge >= 0.3 is 5.97 Å². The van der Waals surface area contributed by atoms with E-state index in [9.17, 15) is 22.8 Å². The van der Waals surface area contributed by atoms with Crippen LogP contribution in [0.2, 0.25) is 0 Å². The standard InChI is InChI=1S/C18H22N2O6S2/c1-10-16(12(3)21)11(2)20-17(10)18(23)26-9-14(22)15-6-5-13(27-15)7-8-19-28(4,24)25/h5-6,19-20H,7-9H2,1-4H3. The first kappa shape index (κ1) is 22.0. The van der Waals surface area contributed by atoms with Crippen LogP contribution in [0, 0.1) is 13.8 Å². The van der Waals surface area contributed by atoms with Crippen LogP contribution in [0.25, 0.3) is 0 Å². The fourth-order valence-corrected chi connectivity index (χ4v) is 4.18. The van der Waals surface area contributed by atoms with Crippen molar-refractivity contribution >= 4 is 38.9 Å². The fraction of sp³-hybridized carbons (Fsp3) is 0.389. The third-order valence-electron chi connectivity index (χ3n) is 4.00. The van der Waals surface area contributed by atoms with E-state index < -0.39 is 22.6 Å². The van der Waals surface area contributed by atoms with Crippen LogP contribution in [-0.4, -0.2) is 50.3 Å². The molecule has 2 rings (SSSR count). The van der Waals surface area contributed by atoms with E-state index in [0.29, 0.717) is 28.1 Å². The van der Waals surface area contributed by atoms with Crippen LogP contribution >= 0.6 is 11.3 Å². The van der Waals surface area contributed by atoms with Crippen molar-refractivity contribution in [3.05, 3.63) is 44.4 Å². The third-order valence-corrected chi connectivity index (χ3v) is 5.91. The van der Waals surface area contributed by atoms with E-state index in [2.05, 4.69) is 9.71 Å². The highest BCUT2D eigenvalue weighted by molar-refractivity contribution is 7.88. The minimum absolute atomic E-state index is 0.155. The number of carbonyl (C=O) groups excluding carboxylic acids is 3. The molecule has 8 nitrogen and oxygen atoms in total. The average Bonchev–Trinajstić information content (AvgIpc) is 3.15. The number of ketones is 2. The van der Waals surface area contributed by atoms with Gasteiger partial charge in [-0.15, -0.1) is 11.3 Å². The zero-order chi connectivity index (χ0) is 21.1. The van der Waals surface area contributed by atoms with Crippen LogP contribution in [0.1, 0.15) is 53.6 Å². The third kappa shape index (κ3) is 5.60. The summed E-state index contributed by atoms with van der Waals surface area (Å²) in [5.41, 5.74) is 1.69. The van der Waals surface area contributed by atoms with Gasteiger partial charge in [0, 0.05) is 22.7 Å². The molecule has 0 aliphatic heterocycles. The number of sulfonamides is 1. The second-order valence-electron chi connectivity index (χ2n) is 6.36. The summed E-state index contributed by atoms with van der Waals surface area (Å²) in [6, 6.07) is 3.36. The summed E-state index contributed by atoms with van der Waals surface area (Å²) in [4.78, 5) is 40.2. The van der Waals surface area contributed by atoms with Gasteiger partial charge < -0.3 is 9.72 Å². The van der Waals surface area contributed by atoms with Crippen molar-refractivity contribution in [3.8, 4) is 0 Å². The molecule has 2 aromatic rings. The van der Waals surface area contributed by atoms with E-state index in [0.717, 1.165) is 11.1 Å². The summed E-state index contributed by atoms with van der Waals surface area (Å²) in [5.74, 6) is -1.21. The highest BCUT2D eigenvalue weighted by Crippen LogP contribution is 2.20. The zero-order valence-corrected chi connectivity index (χ0v) is 17.7. The molecule has 0 amide bonds. The van der Waals surface area contributed by atoms with E-state index in [1.165, 1.54) is 18.3 Å². The van der Waals surface area contributed by atoms with Gasteiger partial charge in [0.15, 0.2) is 12.4 Å². The largest absolute Gasteiger partial charge is 0.453 e. The Balaban J connectivity index is 1.95. The normalized spacial score (nSPS) is 11.4.